The van der Waals surface area contributed by atoms with Crippen LogP contribution in [0, 0.1) is 5.92 Å². The number of hydrogen-bond acceptors (Lipinski definition) is 1. The van der Waals surface area contributed by atoms with Crippen LogP contribution in [0.3, 0.4) is 0 Å². The summed E-state index contributed by atoms with van der Waals surface area (Å²) in [6.07, 6.45) is 7.02. The van der Waals surface area contributed by atoms with Crippen molar-refractivity contribution in [2.75, 3.05) is 6.54 Å². The van der Waals surface area contributed by atoms with E-state index >= 15 is 0 Å². The van der Waals surface area contributed by atoms with Gasteiger partial charge in [0.25, 0.3) is 0 Å². The Balaban J connectivity index is 0.000000963. The molecule has 1 saturated carbocycles. The van der Waals surface area contributed by atoms with E-state index in [4.69, 9.17) is 5.32 Å². The van der Waals surface area contributed by atoms with Gasteiger partial charge in [0.05, 0.1) is 0 Å². The van der Waals surface area contributed by atoms with E-state index in [9.17, 15) is 0 Å². The average molecular weight is 214 g/mol. The van der Waals surface area contributed by atoms with Crippen LogP contribution in [0.2, 0.25) is 0 Å². The van der Waals surface area contributed by atoms with Gasteiger partial charge in [-0.1, -0.05) is 25.2 Å². The van der Waals surface area contributed by atoms with Gasteiger partial charge in [0.2, 0.25) is 0 Å². The largest absolute Gasteiger partial charge is 1.00 e. The molecule has 0 amide bonds. The van der Waals surface area contributed by atoms with Gasteiger partial charge in [-0.3, -0.25) is 4.90 Å². The van der Waals surface area contributed by atoms with E-state index in [2.05, 4.69) is 18.7 Å². The van der Waals surface area contributed by atoms with Crippen LogP contribution in [0.1, 0.15) is 46.0 Å². The maximum Gasteiger partial charge on any atom is 1.00 e. The first-order valence-corrected chi connectivity index (χ1v) is 6.69. The quantitative estimate of drug-likeness (QED) is 0.581. The van der Waals surface area contributed by atoms with Crippen LogP contribution < -0.4 is 18.9 Å². The second-order valence-corrected chi connectivity index (χ2v) is 5.92. The summed E-state index contributed by atoms with van der Waals surface area (Å²) in [7, 11) is 0. The molecule has 3 aliphatic rings. The molecule has 1 aliphatic carbocycles. The van der Waals surface area contributed by atoms with Crippen molar-refractivity contribution in [2.24, 2.45) is 5.92 Å². The summed E-state index contributed by atoms with van der Waals surface area (Å²) in [6, 6.07) is 3.03. The number of rotatable bonds is 2. The molecule has 0 aromatic rings. The van der Waals surface area contributed by atoms with Crippen molar-refractivity contribution in [3.63, 3.8) is 0 Å². The van der Waals surface area contributed by atoms with Gasteiger partial charge in [-0.05, 0) is 33.2 Å². The third-order valence-corrected chi connectivity index (χ3v) is 4.92. The van der Waals surface area contributed by atoms with Gasteiger partial charge in [0.15, 0.2) is 0 Å². The standard InChI is InChI=1S/C13H23N2.Li/c1-9-3-4-10(2)15(9)8-13-11-5-6-12(7-11)14-13;/h9-13H,3-8H2,1-2H3;/q-1;+1/t9-,10-,11-,12+,13+;/m1./s1. The van der Waals surface area contributed by atoms with Crippen LogP contribution in [-0.4, -0.2) is 35.6 Å². The van der Waals surface area contributed by atoms with Crippen molar-refractivity contribution >= 4 is 0 Å². The van der Waals surface area contributed by atoms with Crippen LogP contribution in [0.4, 0.5) is 0 Å². The van der Waals surface area contributed by atoms with E-state index in [0.29, 0.717) is 6.04 Å². The first-order valence-electron chi connectivity index (χ1n) is 6.69. The molecule has 86 valence electrons. The molecule has 16 heavy (non-hydrogen) atoms. The summed E-state index contributed by atoms with van der Waals surface area (Å²) in [4.78, 5) is 2.70. The minimum Gasteiger partial charge on any atom is -0.655 e. The molecular weight excluding hydrogens is 191 g/mol. The molecule has 5 atom stereocenters. The van der Waals surface area contributed by atoms with Gasteiger partial charge in [0, 0.05) is 12.1 Å². The first kappa shape index (κ1) is 13.0. The van der Waals surface area contributed by atoms with Crippen LogP contribution >= 0.6 is 0 Å². The molecule has 2 bridgehead atoms. The van der Waals surface area contributed by atoms with Gasteiger partial charge >= 0.3 is 18.9 Å². The second kappa shape index (κ2) is 5.02. The minimum absolute atomic E-state index is 0. The summed E-state index contributed by atoms with van der Waals surface area (Å²) in [6.45, 7) is 6.02. The third kappa shape index (κ3) is 2.23. The van der Waals surface area contributed by atoms with Gasteiger partial charge in [-0.15, -0.1) is 12.1 Å². The maximum atomic E-state index is 4.95. The maximum absolute atomic E-state index is 4.95. The fourth-order valence-corrected chi connectivity index (χ4v) is 3.89. The fraction of sp³-hybridized carbons (Fsp3) is 1.00. The summed E-state index contributed by atoms with van der Waals surface area (Å²) < 4.78 is 0. The molecule has 0 aromatic heterocycles. The Bertz CT molecular complexity index is 236. The van der Waals surface area contributed by atoms with E-state index in [0.717, 1.165) is 24.0 Å². The second-order valence-electron chi connectivity index (χ2n) is 5.92. The Kier molecular flexibility index (Phi) is 4.07. The molecule has 2 saturated heterocycles. The molecule has 2 nitrogen and oxygen atoms in total. The van der Waals surface area contributed by atoms with Gasteiger partial charge in [-0.2, -0.15) is 0 Å². The summed E-state index contributed by atoms with van der Waals surface area (Å²) in [5.74, 6) is 0.940. The molecular formula is C13H23LiN2. The molecule has 3 fully saturated rings. The van der Waals surface area contributed by atoms with Crippen LogP contribution in [-0.2, 0) is 0 Å². The molecule has 3 heteroatoms. The van der Waals surface area contributed by atoms with E-state index in [1.165, 1.54) is 38.6 Å². The van der Waals surface area contributed by atoms with E-state index < -0.39 is 0 Å². The zero-order valence-electron chi connectivity index (χ0n) is 11.0. The van der Waals surface area contributed by atoms with E-state index in [-0.39, 0.29) is 18.9 Å². The SMILES string of the molecule is C[C@@H]1CC[C@@H](C)N1C[C@@H]1[N-][C@H]2CC[C@@H]1C2.[Li+]. The first-order chi connectivity index (χ1) is 7.24. The smallest absolute Gasteiger partial charge is 0.655 e. The Labute approximate surface area is 112 Å². The average Bonchev–Trinajstić information content (AvgIpc) is 2.89. The zero-order chi connectivity index (χ0) is 10.4. The van der Waals surface area contributed by atoms with Gasteiger partial charge in [-0.25, -0.2) is 0 Å². The summed E-state index contributed by atoms with van der Waals surface area (Å²) >= 11 is 0. The summed E-state index contributed by atoms with van der Waals surface area (Å²) in [5, 5.41) is 4.95. The summed E-state index contributed by atoms with van der Waals surface area (Å²) in [5.41, 5.74) is 0. The molecule has 0 N–H and O–H groups in total. The number of nitrogens with zero attached hydrogens (tertiary/aromatic N) is 2. The predicted octanol–water partition coefficient (Wildman–Crippen LogP) is -0.212. The molecule has 0 unspecified atom stereocenters. The normalized spacial score (nSPS) is 47.2. The topological polar surface area (TPSA) is 17.3 Å². The van der Waals surface area contributed by atoms with Crippen molar-refractivity contribution < 1.29 is 18.9 Å². The molecule has 3 rings (SSSR count). The Hall–Kier alpha value is 0.517. The van der Waals surface area contributed by atoms with Crippen molar-refractivity contribution in [2.45, 2.75) is 70.1 Å². The predicted molar refractivity (Wildman–Crippen MR) is 63.1 cm³/mol. The Morgan fingerprint density at radius 3 is 2.25 bits per heavy atom. The van der Waals surface area contributed by atoms with Crippen molar-refractivity contribution in [1.82, 2.24) is 4.90 Å². The Morgan fingerprint density at radius 1 is 1.06 bits per heavy atom. The van der Waals surface area contributed by atoms with Gasteiger partial charge in [0.1, 0.15) is 0 Å². The number of hydrogen-bond donors (Lipinski definition) is 0. The number of piperidine rings is 1. The van der Waals surface area contributed by atoms with Crippen molar-refractivity contribution in [3.05, 3.63) is 5.32 Å². The monoisotopic (exact) mass is 214 g/mol. The van der Waals surface area contributed by atoms with Crippen LogP contribution in [0.5, 0.6) is 0 Å². The van der Waals surface area contributed by atoms with Crippen molar-refractivity contribution in [1.29, 1.82) is 0 Å². The van der Waals surface area contributed by atoms with Crippen LogP contribution in [0.15, 0.2) is 0 Å². The van der Waals surface area contributed by atoms with Crippen molar-refractivity contribution in [3.8, 4) is 0 Å². The number of likely N-dealkylation sites (tertiary alicyclic amines) is 1. The van der Waals surface area contributed by atoms with E-state index in [1.807, 2.05) is 0 Å². The molecule has 2 aliphatic heterocycles. The molecule has 0 aromatic carbocycles. The minimum atomic E-state index is 0. The molecule has 0 spiro atoms. The fourth-order valence-electron chi connectivity index (χ4n) is 3.89. The molecule has 2 heterocycles. The number of fused-ring (bicyclic) bond motifs is 2. The van der Waals surface area contributed by atoms with E-state index in [1.54, 1.807) is 0 Å². The van der Waals surface area contributed by atoms with Gasteiger partial charge < -0.3 is 5.32 Å². The van der Waals surface area contributed by atoms with Crippen LogP contribution in [0.25, 0.3) is 5.32 Å². The Morgan fingerprint density at radius 2 is 1.75 bits per heavy atom. The molecule has 0 radical (unpaired) electrons. The zero-order valence-corrected chi connectivity index (χ0v) is 11.0. The third-order valence-electron chi connectivity index (χ3n) is 4.92.